The minimum atomic E-state index is 0.115. The van der Waals surface area contributed by atoms with Crippen molar-refractivity contribution < 1.29 is 4.79 Å². The van der Waals surface area contributed by atoms with Gasteiger partial charge in [0.1, 0.15) is 0 Å². The van der Waals surface area contributed by atoms with Gasteiger partial charge in [0.05, 0.1) is 0 Å². The number of nitrogens with zero attached hydrogens (tertiary/aromatic N) is 1. The van der Waals surface area contributed by atoms with E-state index in [2.05, 4.69) is 42.3 Å². The van der Waals surface area contributed by atoms with Crippen molar-refractivity contribution >= 4 is 23.4 Å². The fourth-order valence-corrected chi connectivity index (χ4v) is 3.33. The summed E-state index contributed by atoms with van der Waals surface area (Å²) >= 11 is 1.77. The van der Waals surface area contributed by atoms with Crippen LogP contribution in [0.25, 0.3) is 0 Å². The van der Waals surface area contributed by atoms with Crippen molar-refractivity contribution in [3.63, 3.8) is 0 Å². The lowest BCUT2D eigenvalue weighted by Crippen LogP contribution is -2.22. The van der Waals surface area contributed by atoms with Gasteiger partial charge in [-0.1, -0.05) is 32.8 Å². The number of hydrogen-bond donors (Lipinski definition) is 1. The van der Waals surface area contributed by atoms with Gasteiger partial charge in [0, 0.05) is 34.6 Å². The summed E-state index contributed by atoms with van der Waals surface area (Å²) < 4.78 is 0. The average Bonchev–Trinajstić information content (AvgIpc) is 2.62. The molecule has 0 aliphatic carbocycles. The van der Waals surface area contributed by atoms with Gasteiger partial charge < -0.3 is 5.32 Å². The molecule has 0 radical (unpaired) electrons. The first-order chi connectivity index (χ1) is 11.7. The maximum atomic E-state index is 12.3. The molecule has 1 atom stereocenters. The number of hydrogen-bond acceptors (Lipinski definition) is 3. The molecule has 0 fully saturated rings. The van der Waals surface area contributed by atoms with Gasteiger partial charge in [-0.15, -0.1) is 11.8 Å². The van der Waals surface area contributed by atoms with Crippen LogP contribution in [0.3, 0.4) is 0 Å². The van der Waals surface area contributed by atoms with E-state index in [9.17, 15) is 4.79 Å². The highest BCUT2D eigenvalue weighted by Crippen LogP contribution is 2.24. The number of aromatic nitrogens is 1. The van der Waals surface area contributed by atoms with Crippen LogP contribution in [-0.4, -0.2) is 10.9 Å². The maximum Gasteiger partial charge on any atom is 0.227 e. The monoisotopic (exact) mass is 342 g/mol. The molecule has 2 rings (SSSR count). The van der Waals surface area contributed by atoms with Gasteiger partial charge in [-0.2, -0.15) is 0 Å². The molecule has 0 saturated carbocycles. The standard InChI is InChI=1S/C20H26N2OS/c1-3-5-8-17(4-2)20(23)22-18-9-11-19(12-10-18)24-15-16-7-6-13-21-14-16/h6-7,9-14,17H,3-5,8,15H2,1-2H3,(H,22,23). The third-order valence-electron chi connectivity index (χ3n) is 4.02. The van der Waals surface area contributed by atoms with E-state index < -0.39 is 0 Å². The van der Waals surface area contributed by atoms with E-state index in [4.69, 9.17) is 0 Å². The smallest absolute Gasteiger partial charge is 0.227 e. The summed E-state index contributed by atoms with van der Waals surface area (Å²) in [6.07, 6.45) is 7.78. The van der Waals surface area contributed by atoms with Crippen molar-refractivity contribution in [1.82, 2.24) is 4.98 Å². The van der Waals surface area contributed by atoms with Gasteiger partial charge in [0.25, 0.3) is 0 Å². The third kappa shape index (κ3) is 6.00. The molecule has 0 saturated heterocycles. The number of unbranched alkanes of at least 4 members (excludes halogenated alkanes) is 1. The number of anilines is 1. The summed E-state index contributed by atoms with van der Waals surface area (Å²) in [4.78, 5) is 17.6. The topological polar surface area (TPSA) is 42.0 Å². The lowest BCUT2D eigenvalue weighted by molar-refractivity contribution is -0.120. The van der Waals surface area contributed by atoms with Crippen molar-refractivity contribution in [3.05, 3.63) is 54.4 Å². The van der Waals surface area contributed by atoms with Crippen molar-refractivity contribution in [3.8, 4) is 0 Å². The van der Waals surface area contributed by atoms with E-state index in [1.54, 1.807) is 18.0 Å². The van der Waals surface area contributed by atoms with Crippen molar-refractivity contribution in [1.29, 1.82) is 0 Å². The molecule has 0 bridgehead atoms. The predicted molar refractivity (Wildman–Crippen MR) is 102 cm³/mol. The Labute approximate surface area is 149 Å². The Balaban J connectivity index is 1.86. The number of rotatable bonds is 9. The number of amides is 1. The van der Waals surface area contributed by atoms with Crippen LogP contribution in [0.2, 0.25) is 0 Å². The highest BCUT2D eigenvalue weighted by atomic mass is 32.2. The second-order valence-electron chi connectivity index (χ2n) is 5.91. The fraction of sp³-hybridized carbons (Fsp3) is 0.400. The lowest BCUT2D eigenvalue weighted by atomic mass is 9.98. The van der Waals surface area contributed by atoms with E-state index in [0.29, 0.717) is 0 Å². The molecule has 1 aromatic carbocycles. The van der Waals surface area contributed by atoms with E-state index >= 15 is 0 Å². The minimum absolute atomic E-state index is 0.115. The average molecular weight is 343 g/mol. The second kappa shape index (κ2) is 10.1. The normalized spacial score (nSPS) is 11.9. The van der Waals surface area contributed by atoms with Gasteiger partial charge in [0.15, 0.2) is 0 Å². The van der Waals surface area contributed by atoms with Crippen LogP contribution in [0.1, 0.15) is 45.1 Å². The fourth-order valence-electron chi connectivity index (χ4n) is 2.50. The Morgan fingerprint density at radius 2 is 2.00 bits per heavy atom. The summed E-state index contributed by atoms with van der Waals surface area (Å²) in [6.45, 7) is 4.24. The van der Waals surface area contributed by atoms with E-state index in [1.165, 1.54) is 10.5 Å². The highest BCUT2D eigenvalue weighted by molar-refractivity contribution is 7.98. The molecule has 3 nitrogen and oxygen atoms in total. The largest absolute Gasteiger partial charge is 0.326 e. The maximum absolute atomic E-state index is 12.3. The summed E-state index contributed by atoms with van der Waals surface area (Å²) in [7, 11) is 0. The van der Waals surface area contributed by atoms with E-state index in [1.807, 2.05) is 24.4 Å². The Kier molecular flexibility index (Phi) is 7.83. The molecule has 1 aromatic heterocycles. The summed E-state index contributed by atoms with van der Waals surface area (Å²) in [5, 5.41) is 3.04. The number of thioether (sulfide) groups is 1. The Morgan fingerprint density at radius 3 is 2.62 bits per heavy atom. The van der Waals surface area contributed by atoms with Crippen LogP contribution >= 0.6 is 11.8 Å². The van der Waals surface area contributed by atoms with Crippen LogP contribution in [0.5, 0.6) is 0 Å². The van der Waals surface area contributed by atoms with Gasteiger partial charge in [-0.05, 0) is 48.7 Å². The molecule has 128 valence electrons. The molecule has 0 aliphatic heterocycles. The zero-order chi connectivity index (χ0) is 17.2. The van der Waals surface area contributed by atoms with Crippen molar-refractivity contribution in [2.24, 2.45) is 5.92 Å². The van der Waals surface area contributed by atoms with Crippen LogP contribution in [-0.2, 0) is 10.5 Å². The molecule has 1 unspecified atom stereocenters. The summed E-state index contributed by atoms with van der Waals surface area (Å²) in [6, 6.07) is 12.1. The molecule has 24 heavy (non-hydrogen) atoms. The first-order valence-electron chi connectivity index (χ1n) is 8.65. The predicted octanol–water partition coefficient (Wildman–Crippen LogP) is 5.53. The molecule has 1 N–H and O–H groups in total. The quantitative estimate of drug-likeness (QED) is 0.609. The Bertz CT molecular complexity index is 613. The Morgan fingerprint density at radius 1 is 1.21 bits per heavy atom. The van der Waals surface area contributed by atoms with Crippen LogP contribution in [0, 0.1) is 5.92 Å². The van der Waals surface area contributed by atoms with Crippen LogP contribution in [0.4, 0.5) is 5.69 Å². The van der Waals surface area contributed by atoms with Crippen molar-refractivity contribution in [2.75, 3.05) is 5.32 Å². The molecular weight excluding hydrogens is 316 g/mol. The SMILES string of the molecule is CCCCC(CC)C(=O)Nc1ccc(SCc2cccnc2)cc1. The van der Waals surface area contributed by atoms with Gasteiger partial charge >= 0.3 is 0 Å². The molecule has 2 aromatic rings. The van der Waals surface area contributed by atoms with Crippen LogP contribution in [0.15, 0.2) is 53.7 Å². The molecule has 1 amide bonds. The number of carbonyl (C=O) groups is 1. The molecule has 0 aliphatic rings. The summed E-state index contributed by atoms with van der Waals surface area (Å²) in [5.74, 6) is 1.15. The van der Waals surface area contributed by atoms with Crippen LogP contribution < -0.4 is 5.32 Å². The van der Waals surface area contributed by atoms with E-state index in [0.717, 1.165) is 37.1 Å². The third-order valence-corrected chi connectivity index (χ3v) is 5.10. The summed E-state index contributed by atoms with van der Waals surface area (Å²) in [5.41, 5.74) is 2.09. The molecule has 4 heteroatoms. The number of benzene rings is 1. The number of carbonyl (C=O) groups excluding carboxylic acids is 1. The molecule has 1 heterocycles. The second-order valence-corrected chi connectivity index (χ2v) is 6.96. The zero-order valence-corrected chi connectivity index (χ0v) is 15.3. The number of nitrogens with one attached hydrogen (secondary N) is 1. The first kappa shape index (κ1) is 18.5. The van der Waals surface area contributed by atoms with Gasteiger partial charge in [-0.3, -0.25) is 9.78 Å². The highest BCUT2D eigenvalue weighted by Gasteiger charge is 2.15. The molecule has 0 spiro atoms. The number of pyridine rings is 1. The van der Waals surface area contributed by atoms with Gasteiger partial charge in [0.2, 0.25) is 5.91 Å². The van der Waals surface area contributed by atoms with Gasteiger partial charge in [-0.25, -0.2) is 0 Å². The first-order valence-corrected chi connectivity index (χ1v) is 9.64. The zero-order valence-electron chi connectivity index (χ0n) is 14.5. The molecular formula is C20H26N2OS. The lowest BCUT2D eigenvalue weighted by Gasteiger charge is -2.14. The minimum Gasteiger partial charge on any atom is -0.326 e. The van der Waals surface area contributed by atoms with E-state index in [-0.39, 0.29) is 11.8 Å². The van der Waals surface area contributed by atoms with Crippen molar-refractivity contribution in [2.45, 2.75) is 50.2 Å². The Hall–Kier alpha value is -1.81.